The van der Waals surface area contributed by atoms with Gasteiger partial charge in [-0.15, -0.1) is 5.10 Å². The fourth-order valence-corrected chi connectivity index (χ4v) is 2.67. The second-order valence-corrected chi connectivity index (χ2v) is 6.09. The summed E-state index contributed by atoms with van der Waals surface area (Å²) in [5.41, 5.74) is 0.0131. The maximum absolute atomic E-state index is 13.5. The van der Waals surface area contributed by atoms with Gasteiger partial charge in [0.1, 0.15) is 5.82 Å². The van der Waals surface area contributed by atoms with Crippen LogP contribution in [0.1, 0.15) is 18.4 Å². The van der Waals surface area contributed by atoms with E-state index in [0.29, 0.717) is 0 Å². The van der Waals surface area contributed by atoms with Crippen molar-refractivity contribution in [3.8, 4) is 0 Å². The molecule has 0 fully saturated rings. The predicted octanol–water partition coefficient (Wildman–Crippen LogP) is 0.819. The molecule has 0 spiro atoms. The first-order valence-electron chi connectivity index (χ1n) is 5.91. The molecule has 1 amide bonds. The van der Waals surface area contributed by atoms with Crippen LogP contribution in [0, 0.1) is 5.82 Å². The summed E-state index contributed by atoms with van der Waals surface area (Å²) >= 11 is 0. The Morgan fingerprint density at radius 1 is 1.33 bits per heavy atom. The Morgan fingerprint density at radius 2 is 2.05 bits per heavy atom. The molecule has 0 aliphatic rings. The van der Waals surface area contributed by atoms with Crippen LogP contribution in [0.4, 0.5) is 4.39 Å². The zero-order valence-corrected chi connectivity index (χ0v) is 11.9. The van der Waals surface area contributed by atoms with Crippen molar-refractivity contribution in [2.75, 3.05) is 0 Å². The molecular formula is C12H12FN3O4S. The molecule has 7 nitrogen and oxygen atoms in total. The maximum atomic E-state index is 13.5. The minimum atomic E-state index is -3.95. The number of nitrogens with one attached hydrogen (secondary N) is 1. The highest BCUT2D eigenvalue weighted by Gasteiger charge is 2.24. The maximum Gasteiger partial charge on any atom is 0.335 e. The van der Waals surface area contributed by atoms with Crippen molar-refractivity contribution in [3.05, 3.63) is 41.5 Å². The summed E-state index contributed by atoms with van der Waals surface area (Å²) in [6, 6.07) is 5.52. The third-order valence-corrected chi connectivity index (χ3v) is 3.89. The average molecular weight is 313 g/mol. The van der Waals surface area contributed by atoms with Crippen molar-refractivity contribution in [1.29, 1.82) is 0 Å². The Labute approximate surface area is 120 Å². The Hall–Kier alpha value is -2.29. The van der Waals surface area contributed by atoms with E-state index < -0.39 is 26.6 Å². The number of carbonyl (C=O) groups excluding carboxylic acids is 1. The van der Waals surface area contributed by atoms with Crippen molar-refractivity contribution in [2.45, 2.75) is 24.4 Å². The number of rotatable bonds is 5. The number of halogens is 1. The smallest absolute Gasteiger partial charge is 0.335 e. The molecule has 0 atom stereocenters. The van der Waals surface area contributed by atoms with Crippen molar-refractivity contribution in [1.82, 2.24) is 15.5 Å². The number of benzene rings is 1. The van der Waals surface area contributed by atoms with Gasteiger partial charge in [-0.2, -0.15) is 0 Å². The van der Waals surface area contributed by atoms with Crippen molar-refractivity contribution < 1.29 is 22.0 Å². The van der Waals surface area contributed by atoms with Gasteiger partial charge >= 0.3 is 5.22 Å². The van der Waals surface area contributed by atoms with Gasteiger partial charge in [0.05, 0.1) is 12.3 Å². The molecule has 2 rings (SSSR count). The number of aromatic nitrogens is 2. The van der Waals surface area contributed by atoms with E-state index in [9.17, 15) is 17.6 Å². The molecule has 0 radical (unpaired) electrons. The minimum Gasteiger partial charge on any atom is -0.411 e. The summed E-state index contributed by atoms with van der Waals surface area (Å²) in [4.78, 5) is 10.7. The van der Waals surface area contributed by atoms with Crippen LogP contribution in [-0.2, 0) is 26.9 Å². The highest BCUT2D eigenvalue weighted by molar-refractivity contribution is 7.90. The molecule has 0 aliphatic heterocycles. The molecule has 0 saturated heterocycles. The van der Waals surface area contributed by atoms with Gasteiger partial charge in [-0.05, 0) is 6.07 Å². The van der Waals surface area contributed by atoms with Gasteiger partial charge in [0.15, 0.2) is 0 Å². The molecule has 1 aromatic heterocycles. The number of nitrogens with zero attached hydrogens (tertiary/aromatic N) is 2. The first-order chi connectivity index (χ1) is 9.88. The summed E-state index contributed by atoms with van der Waals surface area (Å²) in [6.45, 7) is 1.23. The zero-order valence-electron chi connectivity index (χ0n) is 11.0. The molecule has 21 heavy (non-hydrogen) atoms. The van der Waals surface area contributed by atoms with Crippen LogP contribution in [0.2, 0.25) is 0 Å². The van der Waals surface area contributed by atoms with Crippen LogP contribution in [0.3, 0.4) is 0 Å². The van der Waals surface area contributed by atoms with Gasteiger partial charge < -0.3 is 9.73 Å². The normalized spacial score (nSPS) is 11.3. The Balaban J connectivity index is 2.17. The van der Waals surface area contributed by atoms with E-state index in [1.165, 1.54) is 31.2 Å². The highest BCUT2D eigenvalue weighted by Crippen LogP contribution is 2.17. The number of carbonyl (C=O) groups is 1. The van der Waals surface area contributed by atoms with Gasteiger partial charge in [-0.1, -0.05) is 23.3 Å². The van der Waals surface area contributed by atoms with Gasteiger partial charge in [-0.25, -0.2) is 12.8 Å². The van der Waals surface area contributed by atoms with Crippen LogP contribution in [0.5, 0.6) is 0 Å². The van der Waals surface area contributed by atoms with Gasteiger partial charge in [0, 0.05) is 12.5 Å². The van der Waals surface area contributed by atoms with E-state index in [1.54, 1.807) is 0 Å². The Kier molecular flexibility index (Phi) is 4.32. The quantitative estimate of drug-likeness (QED) is 0.876. The molecule has 9 heteroatoms. The molecule has 112 valence electrons. The largest absolute Gasteiger partial charge is 0.411 e. The Morgan fingerprint density at radius 3 is 2.71 bits per heavy atom. The van der Waals surface area contributed by atoms with Crippen LogP contribution in [-0.4, -0.2) is 24.5 Å². The summed E-state index contributed by atoms with van der Waals surface area (Å²) in [7, 11) is -3.95. The van der Waals surface area contributed by atoms with Gasteiger partial charge in [0.2, 0.25) is 21.6 Å². The standard InChI is InChI=1S/C12H12FN3O4S/c1-8(17)14-6-11-15-16-12(20-11)21(18,19)7-9-4-2-3-5-10(9)13/h2-5H,6-7H2,1H3,(H,14,17). The number of amides is 1. The lowest BCUT2D eigenvalue weighted by Crippen LogP contribution is -2.19. The molecule has 0 saturated carbocycles. The minimum absolute atomic E-state index is 0.0131. The molecule has 1 heterocycles. The molecule has 2 aromatic rings. The molecule has 0 aliphatic carbocycles. The fourth-order valence-electron chi connectivity index (χ4n) is 1.52. The fraction of sp³-hybridized carbons (Fsp3) is 0.250. The zero-order chi connectivity index (χ0) is 15.5. The lowest BCUT2D eigenvalue weighted by Gasteiger charge is -2.01. The van der Waals surface area contributed by atoms with Crippen LogP contribution in [0.25, 0.3) is 0 Å². The van der Waals surface area contributed by atoms with Crippen molar-refractivity contribution in [2.24, 2.45) is 0 Å². The topological polar surface area (TPSA) is 102 Å². The summed E-state index contributed by atoms with van der Waals surface area (Å²) in [5, 5.41) is 8.72. The number of hydrogen-bond donors (Lipinski definition) is 1. The second-order valence-electron chi connectivity index (χ2n) is 4.22. The second kappa shape index (κ2) is 6.00. The van der Waals surface area contributed by atoms with E-state index in [2.05, 4.69) is 15.5 Å². The van der Waals surface area contributed by atoms with Crippen molar-refractivity contribution in [3.63, 3.8) is 0 Å². The SMILES string of the molecule is CC(=O)NCc1nnc(S(=O)(=O)Cc2ccccc2F)o1. The summed E-state index contributed by atoms with van der Waals surface area (Å²) in [5.74, 6) is -1.57. The van der Waals surface area contributed by atoms with Crippen LogP contribution < -0.4 is 5.32 Å². The van der Waals surface area contributed by atoms with Crippen LogP contribution in [0.15, 0.2) is 33.9 Å². The molecule has 1 N–H and O–H groups in total. The van der Waals surface area contributed by atoms with E-state index in [-0.39, 0.29) is 23.9 Å². The van der Waals surface area contributed by atoms with Crippen LogP contribution >= 0.6 is 0 Å². The Bertz CT molecular complexity index is 757. The highest BCUT2D eigenvalue weighted by atomic mass is 32.2. The van der Waals surface area contributed by atoms with Gasteiger partial charge in [-0.3, -0.25) is 4.79 Å². The van der Waals surface area contributed by atoms with E-state index in [4.69, 9.17) is 4.42 Å². The lowest BCUT2D eigenvalue weighted by molar-refractivity contribution is -0.119. The first-order valence-corrected chi connectivity index (χ1v) is 7.56. The molecule has 0 bridgehead atoms. The van der Waals surface area contributed by atoms with E-state index in [1.807, 2.05) is 0 Å². The van der Waals surface area contributed by atoms with E-state index >= 15 is 0 Å². The third kappa shape index (κ3) is 3.85. The van der Waals surface area contributed by atoms with Crippen molar-refractivity contribution >= 4 is 15.7 Å². The lowest BCUT2D eigenvalue weighted by atomic mass is 10.2. The first kappa shape index (κ1) is 15.1. The molecule has 1 aromatic carbocycles. The number of sulfone groups is 1. The van der Waals surface area contributed by atoms with Gasteiger partial charge in [0.25, 0.3) is 0 Å². The summed E-state index contributed by atoms with van der Waals surface area (Å²) in [6.07, 6.45) is 0. The molecular weight excluding hydrogens is 301 g/mol. The van der Waals surface area contributed by atoms with E-state index in [0.717, 1.165) is 0 Å². The molecule has 0 unspecified atom stereocenters. The number of hydrogen-bond acceptors (Lipinski definition) is 6. The third-order valence-electron chi connectivity index (χ3n) is 2.51. The summed E-state index contributed by atoms with van der Waals surface area (Å²) < 4.78 is 42.5. The predicted molar refractivity (Wildman–Crippen MR) is 69.1 cm³/mol. The average Bonchev–Trinajstić information content (AvgIpc) is 2.88. The monoisotopic (exact) mass is 313 g/mol.